The van der Waals surface area contributed by atoms with Crippen LogP contribution in [0.2, 0.25) is 0 Å². The molecule has 0 aliphatic carbocycles. The number of primary amides is 1. The zero-order chi connectivity index (χ0) is 38.0. The van der Waals surface area contributed by atoms with E-state index in [1.165, 1.54) is 31.2 Å². The molecule has 50 heavy (non-hydrogen) atoms. The number of benzene rings is 1. The van der Waals surface area contributed by atoms with Crippen LogP contribution in [0, 0.1) is 16.0 Å². The molecule has 1 rings (SSSR count). The van der Waals surface area contributed by atoms with Crippen LogP contribution in [-0.2, 0) is 28.8 Å². The Morgan fingerprint density at radius 1 is 0.820 bits per heavy atom. The van der Waals surface area contributed by atoms with Gasteiger partial charge >= 0.3 is 6.09 Å². The average molecular weight is 708 g/mol. The molecular weight excluding hydrogens is 662 g/mol. The van der Waals surface area contributed by atoms with Gasteiger partial charge in [-0.05, 0) is 50.7 Å². The van der Waals surface area contributed by atoms with Gasteiger partial charge in [-0.1, -0.05) is 13.8 Å². The number of nitro groups is 1. The summed E-state index contributed by atoms with van der Waals surface area (Å²) in [6.45, 7) is 4.31. The molecule has 0 saturated heterocycles. The van der Waals surface area contributed by atoms with Crippen molar-refractivity contribution >= 4 is 58.9 Å². The number of nitrogens with two attached hydrogens (primary N) is 3. The molecule has 0 spiro atoms. The number of rotatable bonds is 21. The Balaban J connectivity index is 3.15. The van der Waals surface area contributed by atoms with E-state index in [4.69, 9.17) is 22.3 Å². The number of amides is 7. The maximum atomic E-state index is 13.5. The summed E-state index contributed by atoms with van der Waals surface area (Å²) in [6.07, 6.45) is -1.72. The van der Waals surface area contributed by atoms with Crippen molar-refractivity contribution in [1.29, 1.82) is 0 Å². The molecule has 0 unspecified atom stereocenters. The lowest BCUT2D eigenvalue weighted by molar-refractivity contribution is -0.384. The van der Waals surface area contributed by atoms with Crippen LogP contribution >= 0.6 is 0 Å². The van der Waals surface area contributed by atoms with Gasteiger partial charge in [0.1, 0.15) is 24.2 Å². The number of carboxylic acid groups (broad SMARTS) is 1. The van der Waals surface area contributed by atoms with Crippen LogP contribution in [0.3, 0.4) is 0 Å². The summed E-state index contributed by atoms with van der Waals surface area (Å²) in [6, 6.07) is -0.0588. The van der Waals surface area contributed by atoms with Gasteiger partial charge in [0, 0.05) is 30.8 Å². The van der Waals surface area contributed by atoms with Crippen molar-refractivity contribution in [3.63, 3.8) is 0 Å². The molecule has 0 heterocycles. The Hall–Kier alpha value is -6.02. The molecule has 0 saturated carbocycles. The van der Waals surface area contributed by atoms with E-state index < -0.39 is 77.2 Å². The SMILES string of the molecule is CC(C)C[C@H](NC(=O)CNC(=O)[C@H](C)NC(=O)O)C(=O)N[C@@H](CCC(N)=O)C(=O)N[C@@H](CCCN=C(N)N)C(=O)Nc1ccc([N+](=O)[O-])cc1. The molecule has 13 N–H and O–H groups in total. The van der Waals surface area contributed by atoms with Crippen molar-refractivity contribution in [3.8, 4) is 0 Å². The average Bonchev–Trinajstić information content (AvgIpc) is 3.02. The van der Waals surface area contributed by atoms with Crippen molar-refractivity contribution in [2.45, 2.75) is 77.0 Å². The fraction of sp³-hybridized carbons (Fsp3) is 0.517. The summed E-state index contributed by atoms with van der Waals surface area (Å²) in [5.41, 5.74) is 16.0. The number of guanidine groups is 1. The maximum Gasteiger partial charge on any atom is 0.405 e. The monoisotopic (exact) mass is 707 g/mol. The maximum absolute atomic E-state index is 13.5. The van der Waals surface area contributed by atoms with Gasteiger partial charge in [0.15, 0.2) is 5.96 Å². The number of nitrogens with zero attached hydrogens (tertiary/aromatic N) is 2. The third-order valence-electron chi connectivity index (χ3n) is 6.75. The van der Waals surface area contributed by atoms with Crippen molar-refractivity contribution in [1.82, 2.24) is 26.6 Å². The molecule has 7 amide bonds. The van der Waals surface area contributed by atoms with Crippen molar-refractivity contribution < 1.29 is 43.6 Å². The number of hydrogen-bond donors (Lipinski definition) is 10. The van der Waals surface area contributed by atoms with Crippen LogP contribution in [0.1, 0.15) is 52.9 Å². The van der Waals surface area contributed by atoms with Crippen LogP contribution in [0.4, 0.5) is 16.2 Å². The molecule has 1 aromatic rings. The van der Waals surface area contributed by atoms with Crippen LogP contribution < -0.4 is 49.1 Å². The lowest BCUT2D eigenvalue weighted by Gasteiger charge is -2.26. The highest BCUT2D eigenvalue weighted by molar-refractivity contribution is 5.99. The quantitative estimate of drug-likeness (QED) is 0.0221. The van der Waals surface area contributed by atoms with E-state index in [1.54, 1.807) is 13.8 Å². The zero-order valence-electron chi connectivity index (χ0n) is 27.9. The summed E-state index contributed by atoms with van der Waals surface area (Å²) >= 11 is 0. The minimum atomic E-state index is -1.44. The normalized spacial score (nSPS) is 13.0. The van der Waals surface area contributed by atoms with Gasteiger partial charge in [-0.2, -0.15) is 0 Å². The molecule has 0 fully saturated rings. The topological polar surface area (TPSA) is 345 Å². The molecule has 1 aromatic carbocycles. The summed E-state index contributed by atoms with van der Waals surface area (Å²) < 4.78 is 0. The Morgan fingerprint density at radius 3 is 1.92 bits per heavy atom. The second-order valence-corrected chi connectivity index (χ2v) is 11.5. The molecule has 21 heteroatoms. The predicted molar refractivity (Wildman–Crippen MR) is 179 cm³/mol. The van der Waals surface area contributed by atoms with Gasteiger partial charge in [-0.3, -0.25) is 43.9 Å². The molecule has 0 aliphatic rings. The van der Waals surface area contributed by atoms with E-state index in [0.717, 1.165) is 0 Å². The molecule has 0 bridgehead atoms. The first-order chi connectivity index (χ1) is 23.4. The van der Waals surface area contributed by atoms with E-state index in [-0.39, 0.29) is 61.9 Å². The lowest BCUT2D eigenvalue weighted by Crippen LogP contribution is -2.57. The number of carbonyl (C=O) groups excluding carboxylic acids is 6. The van der Waals surface area contributed by atoms with E-state index in [9.17, 15) is 43.7 Å². The Kier molecular flexibility index (Phi) is 17.7. The van der Waals surface area contributed by atoms with E-state index >= 15 is 0 Å². The van der Waals surface area contributed by atoms with Gasteiger partial charge in [0.2, 0.25) is 35.4 Å². The van der Waals surface area contributed by atoms with Crippen molar-refractivity contribution in [3.05, 3.63) is 34.4 Å². The summed E-state index contributed by atoms with van der Waals surface area (Å²) in [7, 11) is 0. The highest BCUT2D eigenvalue weighted by atomic mass is 16.6. The minimum absolute atomic E-state index is 0.0101. The van der Waals surface area contributed by atoms with Gasteiger partial charge in [0.05, 0.1) is 11.5 Å². The number of nitro benzene ring substituents is 1. The highest BCUT2D eigenvalue weighted by Crippen LogP contribution is 2.16. The Labute approximate surface area is 287 Å². The van der Waals surface area contributed by atoms with Gasteiger partial charge in [-0.15, -0.1) is 0 Å². The van der Waals surface area contributed by atoms with E-state index in [2.05, 4.69) is 31.6 Å². The molecule has 0 aliphatic heterocycles. The fourth-order valence-corrected chi connectivity index (χ4v) is 4.29. The number of anilines is 1. The second kappa shape index (κ2) is 21.1. The van der Waals surface area contributed by atoms with Gasteiger partial charge in [0.25, 0.3) is 5.69 Å². The number of carbonyl (C=O) groups is 7. The Morgan fingerprint density at radius 2 is 1.40 bits per heavy atom. The van der Waals surface area contributed by atoms with Crippen LogP contribution in [0.5, 0.6) is 0 Å². The highest BCUT2D eigenvalue weighted by Gasteiger charge is 2.30. The van der Waals surface area contributed by atoms with Gasteiger partial charge < -0.3 is 54.2 Å². The third kappa shape index (κ3) is 16.7. The predicted octanol–water partition coefficient (Wildman–Crippen LogP) is -1.87. The van der Waals surface area contributed by atoms with Crippen molar-refractivity contribution in [2.24, 2.45) is 28.1 Å². The fourth-order valence-electron chi connectivity index (χ4n) is 4.29. The zero-order valence-corrected chi connectivity index (χ0v) is 27.9. The van der Waals surface area contributed by atoms with Crippen LogP contribution in [0.25, 0.3) is 0 Å². The second-order valence-electron chi connectivity index (χ2n) is 11.5. The van der Waals surface area contributed by atoms with Crippen LogP contribution in [0.15, 0.2) is 29.3 Å². The summed E-state index contributed by atoms with van der Waals surface area (Å²) in [5, 5.41) is 34.0. The molecule has 0 aromatic heterocycles. The first-order valence-corrected chi connectivity index (χ1v) is 15.5. The third-order valence-corrected chi connectivity index (χ3v) is 6.75. The minimum Gasteiger partial charge on any atom is -0.465 e. The molecular formula is C29H45N11O10. The molecule has 276 valence electrons. The van der Waals surface area contributed by atoms with Gasteiger partial charge in [-0.25, -0.2) is 4.79 Å². The number of hydrogen-bond acceptors (Lipinski definition) is 10. The summed E-state index contributed by atoms with van der Waals surface area (Å²) in [4.78, 5) is 101. The molecule has 4 atom stereocenters. The van der Waals surface area contributed by atoms with Crippen molar-refractivity contribution in [2.75, 3.05) is 18.4 Å². The standard InChI is InChI=1S/C29H45N11O10/c1-15(2)13-21(37-23(42)14-34-24(43)16(3)35-29(47)48)27(46)39-20(10-11-22(30)41)26(45)38-19(5-4-12-33-28(31)32)25(44)36-17-6-8-18(9-7-17)40(49)50/h6-9,15-16,19-21,35H,4-5,10-14H2,1-3H3,(H2,30,41)(H,34,43)(H,36,44)(H,37,42)(H,38,45)(H,39,46)(H,47,48)(H4,31,32,33)/t16-,19-,20-,21-/m0/s1. The number of aliphatic imine (C=N–C) groups is 1. The molecule has 21 nitrogen and oxygen atoms in total. The lowest BCUT2D eigenvalue weighted by atomic mass is 10.0. The first-order valence-electron chi connectivity index (χ1n) is 15.5. The Bertz CT molecular complexity index is 1410. The van der Waals surface area contributed by atoms with E-state index in [1.807, 2.05) is 5.32 Å². The van der Waals surface area contributed by atoms with E-state index in [0.29, 0.717) is 0 Å². The number of nitrogens with one attached hydrogen (secondary N) is 6. The first kappa shape index (κ1) is 42.0. The van der Waals surface area contributed by atoms with Crippen LogP contribution in [-0.4, -0.2) is 94.8 Å². The smallest absolute Gasteiger partial charge is 0.405 e. The summed E-state index contributed by atoms with van der Waals surface area (Å²) in [5.74, 6) is -5.09. The largest absolute Gasteiger partial charge is 0.465 e. The number of non-ortho nitro benzene ring substituents is 1. The molecule has 0 radical (unpaired) electrons.